The average molecular weight is 444 g/mol. The van der Waals surface area contributed by atoms with Crippen molar-refractivity contribution in [1.82, 2.24) is 9.97 Å². The van der Waals surface area contributed by atoms with Crippen molar-refractivity contribution in [2.75, 3.05) is 18.0 Å². The average Bonchev–Trinajstić information content (AvgIpc) is 3.53. The van der Waals surface area contributed by atoms with E-state index < -0.39 is 0 Å². The molecule has 0 amide bonds. The predicted molar refractivity (Wildman–Crippen MR) is 115 cm³/mol. The molecule has 3 nitrogen and oxygen atoms in total. The summed E-state index contributed by atoms with van der Waals surface area (Å²) in [7, 11) is 0. The molecule has 0 N–H and O–H groups in total. The van der Waals surface area contributed by atoms with Crippen LogP contribution < -0.4 is 4.90 Å². The van der Waals surface area contributed by atoms with Crippen molar-refractivity contribution in [3.05, 3.63) is 105 Å². The minimum Gasteiger partial charge on any atom is -0.341 e. The van der Waals surface area contributed by atoms with Crippen LogP contribution in [0.25, 0.3) is 11.3 Å². The topological polar surface area (TPSA) is 29.0 Å². The molecule has 146 valence electrons. The van der Waals surface area contributed by atoms with Gasteiger partial charge in [0.2, 0.25) is 5.95 Å². The third-order valence-electron chi connectivity index (χ3n) is 4.76. The van der Waals surface area contributed by atoms with Gasteiger partial charge < -0.3 is 4.90 Å². The molecule has 0 unspecified atom stereocenters. The largest absolute Gasteiger partial charge is 2.00 e. The van der Waals surface area contributed by atoms with Crippen LogP contribution in [-0.4, -0.2) is 23.1 Å². The van der Waals surface area contributed by atoms with Crippen molar-refractivity contribution in [1.29, 1.82) is 0 Å². The Balaban J connectivity index is 0.000000352. The maximum Gasteiger partial charge on any atom is 2.00 e. The molecule has 3 aliphatic rings. The summed E-state index contributed by atoms with van der Waals surface area (Å²) in [4.78, 5) is 11.9. The molecule has 10 radical (unpaired) electrons. The number of aromatic nitrogens is 2. The first-order chi connectivity index (χ1) is 13.8. The van der Waals surface area contributed by atoms with Gasteiger partial charge in [0.15, 0.2) is 0 Å². The molecule has 1 aliphatic heterocycles. The second-order valence-corrected chi connectivity index (χ2v) is 7.21. The van der Waals surface area contributed by atoms with Crippen molar-refractivity contribution in [2.24, 2.45) is 0 Å². The van der Waals surface area contributed by atoms with Gasteiger partial charge in [-0.05, 0) is 88.8 Å². The molecule has 0 spiro atoms. The van der Waals surface area contributed by atoms with E-state index in [-0.39, 0.29) is 17.1 Å². The van der Waals surface area contributed by atoms with Crippen LogP contribution in [0.15, 0.2) is 30.3 Å². The second kappa shape index (κ2) is 11.3. The van der Waals surface area contributed by atoms with Gasteiger partial charge in [-0.2, -0.15) is 0 Å². The summed E-state index contributed by atoms with van der Waals surface area (Å²) in [5.74, 6) is 1.95. The molecule has 2 saturated carbocycles. The molecule has 0 atom stereocenters. The van der Waals surface area contributed by atoms with E-state index in [0.29, 0.717) is 0 Å². The zero-order valence-electron chi connectivity index (χ0n) is 16.0. The van der Waals surface area contributed by atoms with Gasteiger partial charge in [-0.3, -0.25) is 0 Å². The fourth-order valence-electron chi connectivity index (χ4n) is 3.28. The number of rotatable bonds is 3. The molecular formula is C24H22ClFeN3+2. The molecule has 29 heavy (non-hydrogen) atoms. The summed E-state index contributed by atoms with van der Waals surface area (Å²) in [5.41, 5.74) is 2.97. The number of hydrogen-bond donors (Lipinski definition) is 0. The molecule has 1 aromatic heterocycles. The molecule has 2 aliphatic carbocycles. The van der Waals surface area contributed by atoms with Crippen LogP contribution in [0.5, 0.6) is 0 Å². The van der Waals surface area contributed by atoms with Gasteiger partial charge in [-0.15, -0.1) is 0 Å². The van der Waals surface area contributed by atoms with Crippen LogP contribution >= 0.6 is 11.6 Å². The molecule has 5 heteroatoms. The van der Waals surface area contributed by atoms with Gasteiger partial charge in [-0.1, -0.05) is 23.7 Å². The second-order valence-electron chi connectivity index (χ2n) is 6.78. The number of nitrogens with zero attached hydrogens (tertiary/aromatic N) is 3. The molecule has 1 saturated heterocycles. The number of anilines is 1. The van der Waals surface area contributed by atoms with Crippen molar-refractivity contribution in [3.8, 4) is 11.3 Å². The van der Waals surface area contributed by atoms with Crippen molar-refractivity contribution < 1.29 is 17.1 Å². The van der Waals surface area contributed by atoms with Gasteiger partial charge in [0.1, 0.15) is 0 Å². The Hall–Kier alpha value is -1.09. The Kier molecular flexibility index (Phi) is 8.84. The van der Waals surface area contributed by atoms with E-state index in [1.165, 1.54) is 12.8 Å². The molecule has 2 heterocycles. The SMILES string of the molecule is Clc1ccc(-c2cc([C]3[CH][CH][CH][CH]3)nc(N3CCCC3)n2)cc1.[CH]1[CH][CH][CH][CH]1.[Fe+2]. The third kappa shape index (κ3) is 6.20. The Morgan fingerprint density at radius 3 is 1.86 bits per heavy atom. The van der Waals surface area contributed by atoms with E-state index in [1.54, 1.807) is 0 Å². The normalized spacial score (nSPS) is 19.0. The zero-order valence-corrected chi connectivity index (χ0v) is 17.8. The van der Waals surface area contributed by atoms with Crippen molar-refractivity contribution in [3.63, 3.8) is 0 Å². The number of hydrogen-bond acceptors (Lipinski definition) is 3. The van der Waals surface area contributed by atoms with Gasteiger partial charge >= 0.3 is 17.1 Å². The van der Waals surface area contributed by atoms with E-state index in [4.69, 9.17) is 21.6 Å². The van der Waals surface area contributed by atoms with Crippen LogP contribution in [0.3, 0.4) is 0 Å². The minimum atomic E-state index is 0. The van der Waals surface area contributed by atoms with E-state index in [2.05, 4.69) is 23.8 Å². The van der Waals surface area contributed by atoms with Gasteiger partial charge in [0.25, 0.3) is 0 Å². The van der Waals surface area contributed by atoms with Crippen molar-refractivity contribution in [2.45, 2.75) is 12.8 Å². The predicted octanol–water partition coefficient (Wildman–Crippen LogP) is 5.17. The summed E-state index contributed by atoms with van der Waals surface area (Å²) >= 11 is 6.01. The smallest absolute Gasteiger partial charge is 0.341 e. The van der Waals surface area contributed by atoms with E-state index in [0.717, 1.165) is 46.9 Å². The Morgan fingerprint density at radius 2 is 1.28 bits per heavy atom. The fraction of sp³-hybridized carbons (Fsp3) is 0.167. The van der Waals surface area contributed by atoms with Gasteiger partial charge in [0.05, 0.1) is 11.4 Å². The maximum absolute atomic E-state index is 6.01. The molecule has 0 bridgehead atoms. The maximum atomic E-state index is 6.01. The quantitative estimate of drug-likeness (QED) is 0.613. The van der Waals surface area contributed by atoms with Gasteiger partial charge in [-0.25, -0.2) is 9.97 Å². The Morgan fingerprint density at radius 1 is 0.724 bits per heavy atom. The standard InChI is InChI=1S/C19H17ClN3.C5H5.Fe/c20-16-9-7-15(8-10-16)18-13-17(14-5-1-2-6-14)21-19(22-18)23-11-3-4-12-23;1-2-4-5-3-1;/h1-2,5-10,13H,3-4,11-12H2;1-5H;/q;;+2. The molecule has 5 rings (SSSR count). The number of benzene rings is 1. The van der Waals surface area contributed by atoms with Crippen LogP contribution in [0.1, 0.15) is 18.5 Å². The minimum absolute atomic E-state index is 0. The van der Waals surface area contributed by atoms with Gasteiger partial charge in [0, 0.05) is 29.6 Å². The van der Waals surface area contributed by atoms with E-state index in [9.17, 15) is 0 Å². The molecule has 2 aromatic rings. The summed E-state index contributed by atoms with van der Waals surface area (Å²) in [5, 5.41) is 0.735. The monoisotopic (exact) mass is 443 g/mol. The number of halogens is 1. The first kappa shape index (κ1) is 22.6. The summed E-state index contributed by atoms with van der Waals surface area (Å²) in [6, 6.07) is 9.87. The van der Waals surface area contributed by atoms with Crippen molar-refractivity contribution >= 4 is 17.5 Å². The first-order valence-corrected chi connectivity index (χ1v) is 9.96. The molecular weight excluding hydrogens is 422 g/mol. The molecule has 3 fully saturated rings. The first-order valence-electron chi connectivity index (χ1n) is 9.58. The molecule has 1 aromatic carbocycles. The van der Waals surface area contributed by atoms with E-state index in [1.807, 2.05) is 69.2 Å². The zero-order chi connectivity index (χ0) is 19.2. The Labute approximate surface area is 191 Å². The van der Waals surface area contributed by atoms with E-state index >= 15 is 0 Å². The summed E-state index contributed by atoms with van der Waals surface area (Å²) in [6.07, 6.45) is 20.7. The summed E-state index contributed by atoms with van der Waals surface area (Å²) in [6.45, 7) is 2.06. The fourth-order valence-corrected chi connectivity index (χ4v) is 3.40. The Bertz CT molecular complexity index is 707. The summed E-state index contributed by atoms with van der Waals surface area (Å²) < 4.78 is 0. The van der Waals surface area contributed by atoms with Crippen LogP contribution in [0.2, 0.25) is 5.02 Å². The van der Waals surface area contributed by atoms with Crippen LogP contribution in [0, 0.1) is 63.7 Å². The van der Waals surface area contributed by atoms with Crippen LogP contribution in [-0.2, 0) is 17.1 Å². The third-order valence-corrected chi connectivity index (χ3v) is 5.01. The van der Waals surface area contributed by atoms with Crippen LogP contribution in [0.4, 0.5) is 5.95 Å².